The lowest BCUT2D eigenvalue weighted by molar-refractivity contribution is -0.155. The van der Waals surface area contributed by atoms with Gasteiger partial charge in [-0.25, -0.2) is 4.79 Å². The number of aliphatic hydroxyl groups excluding tert-OH is 5. The molecule has 1 aliphatic rings. The number of nitrogens with one attached hydrogen (secondary N) is 8. The third-order valence-corrected chi connectivity index (χ3v) is 18.3. The standard InChI is InChI=1S/C69H118N18O21/c1-32(2)29-35(6)53(93)36(7)57(96)78-37(8)58(97)79-42(17-15-26-76-68(72)73)54(94)55(95)64(103)82-49(34(5)31-48(71)92)61(100)83-51(39(10)89)63(102)84-50(38(9)88)62(101)80-43(18-16-27-77-69(74)75)59(98)81-44(30-33(3)4)65(104)86(11)45(24-25-47(70)91)60(99)85-52(56(108-12)40-20-22-41(90)23-21-40)66(105)87-28-14-13-19-46(87)67(106)107/h20-23,32-39,42-46,49-56,88-90,93-95H,13-19,24-31H2,1-12H3,(H2,70,91)(H2,71,92)(H,78,96)(H,79,97)(H,80,101)(H,81,98)(H,82,103)(H,83,100)(H,84,102)(H,85,99)(H,106,107)(H4,72,73,76)(H4,74,75,77). The maximum atomic E-state index is 14.9. The van der Waals surface area contributed by atoms with Crippen molar-refractivity contribution >= 4 is 88.8 Å². The zero-order valence-electron chi connectivity index (χ0n) is 63.6. The average molecular weight is 1540 g/mol. The van der Waals surface area contributed by atoms with E-state index >= 15 is 0 Å². The van der Waals surface area contributed by atoms with E-state index < -0.39 is 211 Å². The normalized spacial score (nSPS) is 18.0. The number of ether oxygens (including phenoxy) is 1. The SMILES string of the molecule is COC(c1ccc(O)cc1)C(NC(=O)C(CCC(N)=O)N(C)C(=O)C(CC(C)C)NC(=O)C(CCCN=C(N)N)NC(=O)C(NC(=O)C(NC(=O)C(NC(=O)C(O)C(O)C(CCCN=C(N)N)NC(=O)C(C)NC(=O)C(C)C(O)C(C)CC(C)C)C(C)CC(N)=O)C(C)O)C(C)O)C(=O)N1CCCCC1C(=O)O. The lowest BCUT2D eigenvalue weighted by atomic mass is 9.87. The molecule has 108 heavy (non-hydrogen) atoms. The summed E-state index contributed by atoms with van der Waals surface area (Å²) < 4.78 is 5.77. The second-order valence-electron chi connectivity index (χ2n) is 28.5. The Balaban J connectivity index is 2.59. The van der Waals surface area contributed by atoms with Crippen molar-refractivity contribution in [3.05, 3.63) is 29.8 Å². The minimum atomic E-state index is -2.50. The number of carboxylic acid groups (broad SMARTS) is 1. The highest BCUT2D eigenvalue weighted by Crippen LogP contribution is 2.29. The van der Waals surface area contributed by atoms with Gasteiger partial charge in [0, 0.05) is 46.6 Å². The Labute approximate surface area is 628 Å². The number of phenols is 1. The zero-order chi connectivity index (χ0) is 82.3. The first-order valence-electron chi connectivity index (χ1n) is 36.0. The average Bonchev–Trinajstić information content (AvgIpc) is 0.813. The maximum Gasteiger partial charge on any atom is 0.326 e. The van der Waals surface area contributed by atoms with Crippen LogP contribution in [0.1, 0.15) is 158 Å². The highest BCUT2D eigenvalue weighted by Gasteiger charge is 2.45. The number of carbonyl (C=O) groups excluding carboxylic acids is 12. The van der Waals surface area contributed by atoms with Crippen LogP contribution in [0.4, 0.5) is 0 Å². The van der Waals surface area contributed by atoms with E-state index in [1.807, 2.05) is 13.8 Å². The summed E-state index contributed by atoms with van der Waals surface area (Å²) in [5, 5.41) is 95.7. The van der Waals surface area contributed by atoms with Crippen LogP contribution in [-0.4, -0.2) is 259 Å². The van der Waals surface area contributed by atoms with Gasteiger partial charge in [0.2, 0.25) is 65.0 Å². The molecule has 610 valence electrons. The number of nitrogens with zero attached hydrogens (tertiary/aromatic N) is 4. The number of aromatic hydroxyl groups is 1. The van der Waals surface area contributed by atoms with E-state index in [1.54, 1.807) is 20.8 Å². The Morgan fingerprint density at radius 1 is 0.556 bits per heavy atom. The molecule has 39 nitrogen and oxygen atoms in total. The number of piperidine rings is 1. The summed E-state index contributed by atoms with van der Waals surface area (Å²) in [6.45, 7) is 14.9. The van der Waals surface area contributed by atoms with E-state index in [0.29, 0.717) is 19.3 Å². The summed E-state index contributed by atoms with van der Waals surface area (Å²) in [6, 6.07) is -11.4. The molecule has 1 aliphatic heterocycles. The summed E-state index contributed by atoms with van der Waals surface area (Å²) in [6.07, 6.45) is -11.6. The first-order valence-corrected chi connectivity index (χ1v) is 36.0. The number of likely N-dealkylation sites (N-methyl/N-ethyl adjacent to an activating group) is 1. The Bertz CT molecular complexity index is 3240. The molecule has 1 heterocycles. The summed E-state index contributed by atoms with van der Waals surface area (Å²) in [7, 11) is 2.39. The fourth-order valence-corrected chi connectivity index (χ4v) is 12.4. The summed E-state index contributed by atoms with van der Waals surface area (Å²) >= 11 is 0. The van der Waals surface area contributed by atoms with Crippen molar-refractivity contribution in [2.24, 2.45) is 74.0 Å². The molecule has 1 saturated heterocycles. The van der Waals surface area contributed by atoms with E-state index in [9.17, 15) is 98.1 Å². The molecule has 19 unspecified atom stereocenters. The van der Waals surface area contributed by atoms with Gasteiger partial charge < -0.3 is 127 Å². The topological polar surface area (TPSA) is 656 Å². The zero-order valence-corrected chi connectivity index (χ0v) is 63.6. The fraction of sp³-hybridized carbons (Fsp3) is 0.696. The van der Waals surface area contributed by atoms with Crippen LogP contribution in [0.3, 0.4) is 0 Å². The van der Waals surface area contributed by atoms with Crippen LogP contribution >= 0.6 is 0 Å². The van der Waals surface area contributed by atoms with Gasteiger partial charge in [-0.2, -0.15) is 0 Å². The van der Waals surface area contributed by atoms with Crippen molar-refractivity contribution in [1.29, 1.82) is 0 Å². The van der Waals surface area contributed by atoms with Crippen LogP contribution < -0.4 is 76.9 Å². The molecule has 0 radical (unpaired) electrons. The molecule has 12 amide bonds. The molecule has 2 rings (SSSR count). The Morgan fingerprint density at radius 2 is 1.06 bits per heavy atom. The van der Waals surface area contributed by atoms with Gasteiger partial charge in [0.05, 0.1) is 30.3 Å². The number of phenolic OH excluding ortho intramolecular Hbond substituents is 1. The predicted octanol–water partition coefficient (Wildman–Crippen LogP) is -5.64. The predicted molar refractivity (Wildman–Crippen MR) is 392 cm³/mol. The second kappa shape index (κ2) is 45.9. The number of aliphatic imine (C=N–C) groups is 2. The van der Waals surface area contributed by atoms with E-state index in [1.165, 1.54) is 59.2 Å². The van der Waals surface area contributed by atoms with Crippen LogP contribution in [0.2, 0.25) is 0 Å². The van der Waals surface area contributed by atoms with Crippen LogP contribution in [0, 0.1) is 29.6 Å². The molecular weight excluding hydrogens is 1420 g/mol. The largest absolute Gasteiger partial charge is 0.508 e. The number of methoxy groups -OCH3 is 1. The number of carboxylic acids is 1. The number of carbonyl (C=O) groups is 13. The van der Waals surface area contributed by atoms with Gasteiger partial charge in [-0.1, -0.05) is 60.6 Å². The van der Waals surface area contributed by atoms with Crippen molar-refractivity contribution < 1.29 is 103 Å². The number of likely N-dealkylation sites (tertiary alicyclic amines) is 1. The summed E-state index contributed by atoms with van der Waals surface area (Å²) in [5.41, 5.74) is 33.4. The molecule has 0 aliphatic carbocycles. The van der Waals surface area contributed by atoms with Gasteiger partial charge in [0.25, 0.3) is 5.91 Å². The molecule has 27 N–H and O–H groups in total. The molecule has 0 spiro atoms. The third kappa shape index (κ3) is 31.0. The maximum absolute atomic E-state index is 14.9. The first kappa shape index (κ1) is 94.5. The molecule has 1 aromatic carbocycles. The monoisotopic (exact) mass is 1530 g/mol. The van der Waals surface area contributed by atoms with Crippen LogP contribution in [-0.2, 0) is 67.1 Å². The van der Waals surface area contributed by atoms with Crippen molar-refractivity contribution in [3.63, 3.8) is 0 Å². The van der Waals surface area contributed by atoms with Crippen molar-refractivity contribution in [3.8, 4) is 5.75 Å². The first-order chi connectivity index (χ1) is 50.4. The Kier molecular flexibility index (Phi) is 40.2. The van der Waals surface area contributed by atoms with Crippen molar-refractivity contribution in [2.45, 2.75) is 243 Å². The second-order valence-corrected chi connectivity index (χ2v) is 28.5. The quantitative estimate of drug-likeness (QED) is 0.0164. The number of hydrogen-bond acceptors (Lipinski definition) is 22. The molecule has 1 aromatic rings. The van der Waals surface area contributed by atoms with Gasteiger partial charge in [0.15, 0.2) is 18.0 Å². The Morgan fingerprint density at radius 3 is 1.56 bits per heavy atom. The minimum Gasteiger partial charge on any atom is -0.508 e. The van der Waals surface area contributed by atoms with Gasteiger partial charge in [-0.15, -0.1) is 0 Å². The number of amides is 12. The molecule has 0 saturated carbocycles. The molecule has 1 fully saturated rings. The smallest absolute Gasteiger partial charge is 0.326 e. The molecule has 39 heteroatoms. The molecule has 0 bridgehead atoms. The molecular formula is C69H118N18O21. The fourth-order valence-electron chi connectivity index (χ4n) is 12.4. The van der Waals surface area contributed by atoms with Crippen molar-refractivity contribution in [2.75, 3.05) is 33.8 Å². The van der Waals surface area contributed by atoms with E-state index in [4.69, 9.17) is 39.1 Å². The lowest BCUT2D eigenvalue weighted by Gasteiger charge is -2.38. The van der Waals surface area contributed by atoms with Gasteiger partial charge in [-0.05, 0) is 126 Å². The van der Waals surface area contributed by atoms with Gasteiger partial charge >= 0.3 is 5.97 Å². The van der Waals surface area contributed by atoms with Crippen LogP contribution in [0.25, 0.3) is 0 Å². The number of aliphatic hydroxyl groups is 5. The summed E-state index contributed by atoms with van der Waals surface area (Å²) in [5.74, 6) is -17.8. The number of guanidine groups is 2. The number of primary amides is 2. The minimum absolute atomic E-state index is 0.0174. The van der Waals surface area contributed by atoms with E-state index in [-0.39, 0.29) is 93.2 Å². The van der Waals surface area contributed by atoms with Crippen LogP contribution in [0.15, 0.2) is 34.3 Å². The number of hydrogen-bond donors (Lipinski definition) is 21. The summed E-state index contributed by atoms with van der Waals surface area (Å²) in [4.78, 5) is 190. The van der Waals surface area contributed by atoms with Crippen molar-refractivity contribution in [1.82, 2.24) is 52.3 Å². The Hall–Kier alpha value is -9.57. The number of aliphatic carboxylic acids is 1. The van der Waals surface area contributed by atoms with E-state index in [0.717, 1.165) is 23.6 Å². The molecule has 19 atom stereocenters. The number of nitrogens with two attached hydrogens (primary N) is 6. The lowest BCUT2D eigenvalue weighted by Crippen LogP contribution is -2.64. The molecule has 0 aromatic heterocycles. The van der Waals surface area contributed by atoms with Gasteiger partial charge in [0.1, 0.15) is 72.3 Å². The number of rotatable bonds is 47. The number of benzene rings is 1. The van der Waals surface area contributed by atoms with E-state index in [2.05, 4.69) is 52.5 Å². The van der Waals surface area contributed by atoms with Gasteiger partial charge in [-0.3, -0.25) is 67.5 Å². The highest BCUT2D eigenvalue weighted by molar-refractivity contribution is 5.99. The highest BCUT2D eigenvalue weighted by atomic mass is 16.5. The van der Waals surface area contributed by atoms with Crippen LogP contribution in [0.5, 0.6) is 5.75 Å². The third-order valence-electron chi connectivity index (χ3n) is 18.3.